The molecule has 0 atom stereocenters. The van der Waals surface area contributed by atoms with E-state index in [2.05, 4.69) is 15.3 Å². The summed E-state index contributed by atoms with van der Waals surface area (Å²) in [4.78, 5) is 18.4. The van der Waals surface area contributed by atoms with E-state index >= 15 is 0 Å². The van der Waals surface area contributed by atoms with E-state index in [-0.39, 0.29) is 5.69 Å². The monoisotopic (exact) mass is 259 g/mol. The Kier molecular flexibility index (Phi) is 3.92. The van der Waals surface area contributed by atoms with Crippen molar-refractivity contribution in [1.82, 2.24) is 9.97 Å². The van der Waals surface area contributed by atoms with E-state index in [0.717, 1.165) is 11.4 Å². The first kappa shape index (κ1) is 12.8. The molecule has 1 heterocycles. The maximum Gasteiger partial charge on any atom is 0.356 e. The average Bonchev–Trinajstić information content (AvgIpc) is 2.42. The van der Waals surface area contributed by atoms with Gasteiger partial charge < -0.3 is 15.2 Å². The summed E-state index contributed by atoms with van der Waals surface area (Å²) in [5.74, 6) is 0.176. The Morgan fingerprint density at radius 3 is 2.53 bits per heavy atom. The van der Waals surface area contributed by atoms with Crippen molar-refractivity contribution in [2.24, 2.45) is 0 Å². The summed E-state index contributed by atoms with van der Waals surface area (Å²) < 4.78 is 5.33. The number of aromatic carboxylic acids is 1. The van der Waals surface area contributed by atoms with Crippen molar-refractivity contribution >= 4 is 17.5 Å². The Morgan fingerprint density at radius 2 is 2.00 bits per heavy atom. The lowest BCUT2D eigenvalue weighted by atomic mass is 10.3. The van der Waals surface area contributed by atoms with Crippen LogP contribution in [0.4, 0.5) is 11.5 Å². The van der Waals surface area contributed by atoms with Crippen LogP contribution in [0, 0.1) is 0 Å². The highest BCUT2D eigenvalue weighted by atomic mass is 16.5. The van der Waals surface area contributed by atoms with Gasteiger partial charge in [0.2, 0.25) is 0 Å². The predicted octanol–water partition coefficient (Wildman–Crippen LogP) is 2.32. The maximum absolute atomic E-state index is 10.6. The molecule has 0 aliphatic heterocycles. The lowest BCUT2D eigenvalue weighted by Gasteiger charge is -2.07. The van der Waals surface area contributed by atoms with E-state index in [0.29, 0.717) is 12.4 Å². The van der Waals surface area contributed by atoms with Crippen LogP contribution in [0.15, 0.2) is 36.7 Å². The minimum absolute atomic E-state index is 0.0859. The number of ether oxygens (including phenoxy) is 1. The van der Waals surface area contributed by atoms with Gasteiger partial charge >= 0.3 is 5.97 Å². The minimum atomic E-state index is -1.10. The number of carboxylic acids is 1. The van der Waals surface area contributed by atoms with Crippen LogP contribution in [0.2, 0.25) is 0 Å². The zero-order chi connectivity index (χ0) is 13.7. The van der Waals surface area contributed by atoms with Crippen LogP contribution in [-0.4, -0.2) is 27.7 Å². The minimum Gasteiger partial charge on any atom is -0.494 e. The summed E-state index contributed by atoms with van der Waals surface area (Å²) in [6, 6.07) is 7.37. The molecule has 0 spiro atoms. The first-order valence-corrected chi connectivity index (χ1v) is 5.74. The van der Waals surface area contributed by atoms with Crippen LogP contribution < -0.4 is 10.1 Å². The van der Waals surface area contributed by atoms with Crippen molar-refractivity contribution in [2.45, 2.75) is 6.92 Å². The molecule has 2 rings (SSSR count). The number of carbonyl (C=O) groups is 1. The van der Waals surface area contributed by atoms with Gasteiger partial charge in [-0.2, -0.15) is 0 Å². The number of anilines is 2. The van der Waals surface area contributed by atoms with E-state index in [1.54, 1.807) is 0 Å². The SMILES string of the molecule is CCOc1ccc(Nc2cnc(C(=O)O)cn2)cc1. The highest BCUT2D eigenvalue weighted by Crippen LogP contribution is 2.18. The summed E-state index contributed by atoms with van der Waals surface area (Å²) in [6.45, 7) is 2.54. The average molecular weight is 259 g/mol. The van der Waals surface area contributed by atoms with Crippen LogP contribution in [0.5, 0.6) is 5.75 Å². The molecule has 0 amide bonds. The van der Waals surface area contributed by atoms with E-state index in [4.69, 9.17) is 9.84 Å². The number of rotatable bonds is 5. The first-order chi connectivity index (χ1) is 9.19. The molecule has 0 saturated heterocycles. The highest BCUT2D eigenvalue weighted by Gasteiger charge is 2.04. The van der Waals surface area contributed by atoms with E-state index < -0.39 is 5.97 Å². The highest BCUT2D eigenvalue weighted by molar-refractivity contribution is 5.85. The third-order valence-electron chi connectivity index (χ3n) is 2.31. The van der Waals surface area contributed by atoms with Gasteiger partial charge in [-0.05, 0) is 31.2 Å². The molecule has 6 nitrogen and oxygen atoms in total. The molecule has 0 fully saturated rings. The third-order valence-corrected chi connectivity index (χ3v) is 2.31. The van der Waals surface area contributed by atoms with Crippen LogP contribution in [0.3, 0.4) is 0 Å². The third kappa shape index (κ3) is 3.41. The Balaban J connectivity index is 2.06. The topological polar surface area (TPSA) is 84.3 Å². The molecule has 0 bridgehead atoms. The fourth-order valence-corrected chi connectivity index (χ4v) is 1.45. The molecular formula is C13H13N3O3. The fraction of sp³-hybridized carbons (Fsp3) is 0.154. The quantitative estimate of drug-likeness (QED) is 0.857. The van der Waals surface area contributed by atoms with Crippen LogP contribution in [0.25, 0.3) is 0 Å². The molecule has 0 aliphatic rings. The Hall–Kier alpha value is -2.63. The second kappa shape index (κ2) is 5.81. The van der Waals surface area contributed by atoms with Crippen molar-refractivity contribution in [3.05, 3.63) is 42.4 Å². The number of carboxylic acid groups (broad SMARTS) is 1. The van der Waals surface area contributed by atoms with Gasteiger partial charge in [0, 0.05) is 5.69 Å². The number of benzene rings is 1. The molecule has 0 aliphatic carbocycles. The van der Waals surface area contributed by atoms with Crippen molar-refractivity contribution in [3.8, 4) is 5.75 Å². The van der Waals surface area contributed by atoms with Gasteiger partial charge in [-0.25, -0.2) is 14.8 Å². The molecule has 0 unspecified atom stereocenters. The van der Waals surface area contributed by atoms with Gasteiger partial charge in [-0.3, -0.25) is 0 Å². The van der Waals surface area contributed by atoms with Gasteiger partial charge in [0.25, 0.3) is 0 Å². The van der Waals surface area contributed by atoms with Crippen molar-refractivity contribution in [2.75, 3.05) is 11.9 Å². The fourth-order valence-electron chi connectivity index (χ4n) is 1.45. The van der Waals surface area contributed by atoms with Crippen molar-refractivity contribution in [1.29, 1.82) is 0 Å². The molecule has 6 heteroatoms. The molecule has 1 aromatic heterocycles. The number of hydrogen-bond acceptors (Lipinski definition) is 5. The number of nitrogens with zero attached hydrogens (tertiary/aromatic N) is 2. The molecule has 2 aromatic rings. The van der Waals surface area contributed by atoms with Gasteiger partial charge in [0.05, 0.1) is 19.0 Å². The van der Waals surface area contributed by atoms with Gasteiger partial charge in [0.1, 0.15) is 11.6 Å². The number of hydrogen-bond donors (Lipinski definition) is 2. The summed E-state index contributed by atoms with van der Waals surface area (Å²) in [5.41, 5.74) is 0.734. The zero-order valence-electron chi connectivity index (χ0n) is 10.3. The summed E-state index contributed by atoms with van der Waals surface area (Å²) in [6.07, 6.45) is 2.58. The number of nitrogens with one attached hydrogen (secondary N) is 1. The second-order valence-corrected chi connectivity index (χ2v) is 3.67. The lowest BCUT2D eigenvalue weighted by Crippen LogP contribution is -2.02. The Morgan fingerprint density at radius 1 is 1.26 bits per heavy atom. The summed E-state index contributed by atoms with van der Waals surface area (Å²) >= 11 is 0. The van der Waals surface area contributed by atoms with Gasteiger partial charge in [0.15, 0.2) is 5.69 Å². The van der Waals surface area contributed by atoms with E-state index in [1.165, 1.54) is 12.4 Å². The normalized spacial score (nSPS) is 9.95. The molecule has 98 valence electrons. The lowest BCUT2D eigenvalue weighted by molar-refractivity contribution is 0.0690. The Labute approximate surface area is 110 Å². The van der Waals surface area contributed by atoms with Crippen LogP contribution in [0.1, 0.15) is 17.4 Å². The van der Waals surface area contributed by atoms with Gasteiger partial charge in [-0.1, -0.05) is 0 Å². The predicted molar refractivity (Wildman–Crippen MR) is 69.9 cm³/mol. The van der Waals surface area contributed by atoms with Crippen LogP contribution in [-0.2, 0) is 0 Å². The molecule has 0 radical (unpaired) electrons. The largest absolute Gasteiger partial charge is 0.494 e. The van der Waals surface area contributed by atoms with Crippen molar-refractivity contribution in [3.63, 3.8) is 0 Å². The molecular weight excluding hydrogens is 246 g/mol. The molecule has 19 heavy (non-hydrogen) atoms. The standard InChI is InChI=1S/C13H13N3O3/c1-2-19-10-5-3-9(4-6-10)16-12-8-14-11(7-15-12)13(17)18/h3-8H,2H2,1H3,(H,15,16)(H,17,18). The first-order valence-electron chi connectivity index (χ1n) is 5.74. The zero-order valence-corrected chi connectivity index (χ0v) is 10.3. The molecule has 0 saturated carbocycles. The van der Waals surface area contributed by atoms with Gasteiger partial charge in [-0.15, -0.1) is 0 Å². The summed E-state index contributed by atoms with van der Waals surface area (Å²) in [7, 11) is 0. The maximum atomic E-state index is 10.6. The number of aromatic nitrogens is 2. The van der Waals surface area contributed by atoms with Crippen molar-refractivity contribution < 1.29 is 14.6 Å². The molecule has 2 N–H and O–H groups in total. The summed E-state index contributed by atoms with van der Waals surface area (Å²) in [5, 5.41) is 11.7. The van der Waals surface area contributed by atoms with E-state index in [9.17, 15) is 4.79 Å². The Bertz CT molecular complexity index is 552. The second-order valence-electron chi connectivity index (χ2n) is 3.67. The smallest absolute Gasteiger partial charge is 0.356 e. The molecule has 1 aromatic carbocycles. The van der Waals surface area contributed by atoms with Crippen LogP contribution >= 0.6 is 0 Å². The van der Waals surface area contributed by atoms with E-state index in [1.807, 2.05) is 31.2 Å².